The Morgan fingerprint density at radius 3 is 2.76 bits per heavy atom. The molecule has 29 heavy (non-hydrogen) atoms. The number of furan rings is 1. The summed E-state index contributed by atoms with van der Waals surface area (Å²) in [6, 6.07) is 17.8. The van der Waals surface area contributed by atoms with Gasteiger partial charge in [-0.2, -0.15) is 0 Å². The Labute approximate surface area is 177 Å². The van der Waals surface area contributed by atoms with Crippen molar-refractivity contribution in [2.45, 2.75) is 24.7 Å². The Balaban J connectivity index is 1.48. The normalized spacial score (nSPS) is 12.0. The van der Waals surface area contributed by atoms with Gasteiger partial charge in [0.25, 0.3) is 0 Å². The quantitative estimate of drug-likeness (QED) is 0.418. The van der Waals surface area contributed by atoms with Crippen molar-refractivity contribution in [1.82, 2.24) is 20.1 Å². The van der Waals surface area contributed by atoms with Crippen LogP contribution in [0.1, 0.15) is 23.4 Å². The molecule has 0 aliphatic carbocycles. The van der Waals surface area contributed by atoms with E-state index < -0.39 is 0 Å². The number of carbonyl (C=O) groups excluding carboxylic acids is 1. The summed E-state index contributed by atoms with van der Waals surface area (Å²) in [6.45, 7) is 2.58. The maximum Gasteiger partial charge on any atom is 0.230 e. The molecule has 0 saturated carbocycles. The van der Waals surface area contributed by atoms with Gasteiger partial charge in [0, 0.05) is 4.88 Å². The summed E-state index contributed by atoms with van der Waals surface area (Å²) in [5.74, 6) is 1.52. The molecule has 0 spiro atoms. The minimum atomic E-state index is -0.0373. The SMILES string of the molecule is C[C@@H](NC(=O)CSc1nnc(-c2ccco2)n1Cc1ccccc1)c1cccs1. The minimum Gasteiger partial charge on any atom is -0.461 e. The summed E-state index contributed by atoms with van der Waals surface area (Å²) < 4.78 is 7.50. The van der Waals surface area contributed by atoms with Crippen LogP contribution in [-0.2, 0) is 11.3 Å². The molecule has 8 heteroatoms. The summed E-state index contributed by atoms with van der Waals surface area (Å²) in [7, 11) is 0. The van der Waals surface area contributed by atoms with Crippen LogP contribution >= 0.6 is 23.1 Å². The Morgan fingerprint density at radius 1 is 1.17 bits per heavy atom. The Kier molecular flexibility index (Phi) is 6.12. The van der Waals surface area contributed by atoms with Crippen molar-refractivity contribution in [3.05, 3.63) is 76.7 Å². The van der Waals surface area contributed by atoms with Crippen molar-refractivity contribution < 1.29 is 9.21 Å². The van der Waals surface area contributed by atoms with Gasteiger partial charge in [-0.3, -0.25) is 9.36 Å². The second-order valence-electron chi connectivity index (χ2n) is 6.45. The van der Waals surface area contributed by atoms with Crippen LogP contribution in [0.4, 0.5) is 0 Å². The van der Waals surface area contributed by atoms with Gasteiger partial charge >= 0.3 is 0 Å². The van der Waals surface area contributed by atoms with E-state index in [1.165, 1.54) is 11.8 Å². The number of nitrogens with one attached hydrogen (secondary N) is 1. The van der Waals surface area contributed by atoms with Gasteiger partial charge in [-0.15, -0.1) is 21.5 Å². The molecule has 148 valence electrons. The lowest BCUT2D eigenvalue weighted by atomic mass is 10.2. The van der Waals surface area contributed by atoms with E-state index in [0.29, 0.717) is 23.3 Å². The lowest BCUT2D eigenvalue weighted by Crippen LogP contribution is -2.27. The molecule has 0 bridgehead atoms. The highest BCUT2D eigenvalue weighted by Crippen LogP contribution is 2.26. The zero-order chi connectivity index (χ0) is 20.1. The maximum atomic E-state index is 12.4. The first-order chi connectivity index (χ1) is 14.2. The van der Waals surface area contributed by atoms with E-state index in [4.69, 9.17) is 4.42 Å². The fraction of sp³-hybridized carbons (Fsp3) is 0.190. The van der Waals surface area contributed by atoms with Gasteiger partial charge in [0.05, 0.1) is 24.6 Å². The van der Waals surface area contributed by atoms with E-state index in [9.17, 15) is 4.79 Å². The number of amides is 1. The molecule has 6 nitrogen and oxygen atoms in total. The van der Waals surface area contributed by atoms with E-state index in [1.54, 1.807) is 17.6 Å². The molecule has 1 atom stereocenters. The average molecular weight is 425 g/mol. The highest BCUT2D eigenvalue weighted by atomic mass is 32.2. The predicted octanol–water partition coefficient (Wildman–Crippen LogP) is 4.62. The molecule has 3 aromatic heterocycles. The van der Waals surface area contributed by atoms with Gasteiger partial charge in [0.15, 0.2) is 10.9 Å². The molecule has 1 N–H and O–H groups in total. The van der Waals surface area contributed by atoms with Crippen molar-refractivity contribution in [2.24, 2.45) is 0 Å². The summed E-state index contributed by atoms with van der Waals surface area (Å²) in [5, 5.41) is 14.3. The van der Waals surface area contributed by atoms with E-state index in [-0.39, 0.29) is 17.7 Å². The Hall–Kier alpha value is -2.84. The zero-order valence-electron chi connectivity index (χ0n) is 15.8. The van der Waals surface area contributed by atoms with E-state index in [1.807, 2.05) is 59.3 Å². The molecule has 0 aliphatic rings. The molecule has 4 rings (SSSR count). The molecule has 3 heterocycles. The van der Waals surface area contributed by atoms with Gasteiger partial charge in [-0.25, -0.2) is 0 Å². The van der Waals surface area contributed by atoms with Crippen molar-refractivity contribution >= 4 is 29.0 Å². The molecule has 4 aromatic rings. The van der Waals surface area contributed by atoms with E-state index in [0.717, 1.165) is 10.4 Å². The third kappa shape index (κ3) is 4.78. The molecule has 0 radical (unpaired) electrons. The maximum absolute atomic E-state index is 12.4. The molecular formula is C21H20N4O2S2. The second kappa shape index (κ2) is 9.11. The van der Waals surface area contributed by atoms with Gasteiger partial charge in [0.1, 0.15) is 0 Å². The number of hydrogen-bond donors (Lipinski definition) is 1. The first-order valence-corrected chi connectivity index (χ1v) is 11.0. The number of carbonyl (C=O) groups is 1. The molecule has 1 amide bonds. The number of thioether (sulfide) groups is 1. The lowest BCUT2D eigenvalue weighted by molar-refractivity contribution is -0.119. The number of aromatic nitrogens is 3. The highest BCUT2D eigenvalue weighted by Gasteiger charge is 2.18. The topological polar surface area (TPSA) is 73.0 Å². The molecule has 0 saturated heterocycles. The first-order valence-electron chi connectivity index (χ1n) is 9.17. The fourth-order valence-electron chi connectivity index (χ4n) is 2.91. The summed E-state index contributed by atoms with van der Waals surface area (Å²) in [5.41, 5.74) is 1.12. The molecular weight excluding hydrogens is 404 g/mol. The average Bonchev–Trinajstić information content (AvgIpc) is 3.49. The number of rotatable bonds is 8. The van der Waals surface area contributed by atoms with Crippen LogP contribution in [0, 0.1) is 0 Å². The first kappa shape index (κ1) is 19.5. The van der Waals surface area contributed by atoms with Gasteiger partial charge in [0.2, 0.25) is 11.7 Å². The molecule has 1 aromatic carbocycles. The number of benzene rings is 1. The third-order valence-corrected chi connectivity index (χ3v) is 6.34. The van der Waals surface area contributed by atoms with Crippen LogP contribution in [0.15, 0.2) is 75.8 Å². The standard InChI is InChI=1S/C21H20N4O2S2/c1-15(18-10-6-12-28-18)22-19(26)14-29-21-24-23-20(17-9-5-11-27-17)25(21)13-16-7-3-2-4-8-16/h2-12,15H,13-14H2,1H3,(H,22,26)/t15-/m1/s1. The smallest absolute Gasteiger partial charge is 0.230 e. The van der Waals surface area contributed by atoms with Crippen LogP contribution in [0.3, 0.4) is 0 Å². The van der Waals surface area contributed by atoms with Crippen LogP contribution in [0.5, 0.6) is 0 Å². The lowest BCUT2D eigenvalue weighted by Gasteiger charge is -2.12. The molecule has 0 aliphatic heterocycles. The third-order valence-electron chi connectivity index (χ3n) is 4.32. The van der Waals surface area contributed by atoms with Crippen LogP contribution in [0.25, 0.3) is 11.6 Å². The van der Waals surface area contributed by atoms with Crippen molar-refractivity contribution in [3.63, 3.8) is 0 Å². The Bertz CT molecular complexity index is 1040. The van der Waals surface area contributed by atoms with E-state index >= 15 is 0 Å². The molecule has 0 fully saturated rings. The van der Waals surface area contributed by atoms with Crippen LogP contribution in [0.2, 0.25) is 0 Å². The van der Waals surface area contributed by atoms with Gasteiger partial charge < -0.3 is 9.73 Å². The number of thiophene rings is 1. The zero-order valence-corrected chi connectivity index (χ0v) is 17.5. The van der Waals surface area contributed by atoms with Crippen molar-refractivity contribution in [1.29, 1.82) is 0 Å². The summed E-state index contributed by atoms with van der Waals surface area (Å²) in [4.78, 5) is 13.6. The van der Waals surface area contributed by atoms with Crippen molar-refractivity contribution in [3.8, 4) is 11.6 Å². The monoisotopic (exact) mass is 424 g/mol. The van der Waals surface area contributed by atoms with E-state index in [2.05, 4.69) is 27.6 Å². The van der Waals surface area contributed by atoms with Crippen LogP contribution in [-0.4, -0.2) is 26.4 Å². The minimum absolute atomic E-state index is 0.0102. The highest BCUT2D eigenvalue weighted by molar-refractivity contribution is 7.99. The summed E-state index contributed by atoms with van der Waals surface area (Å²) in [6.07, 6.45) is 1.61. The summed E-state index contributed by atoms with van der Waals surface area (Å²) >= 11 is 3.01. The van der Waals surface area contributed by atoms with Crippen molar-refractivity contribution in [2.75, 3.05) is 5.75 Å². The molecule has 0 unspecified atom stereocenters. The largest absolute Gasteiger partial charge is 0.461 e. The Morgan fingerprint density at radius 2 is 2.03 bits per heavy atom. The fourth-order valence-corrected chi connectivity index (χ4v) is 4.40. The number of hydrogen-bond acceptors (Lipinski definition) is 6. The predicted molar refractivity (Wildman–Crippen MR) is 115 cm³/mol. The number of nitrogens with zero attached hydrogens (tertiary/aromatic N) is 3. The van der Waals surface area contributed by atoms with Gasteiger partial charge in [-0.1, -0.05) is 48.2 Å². The van der Waals surface area contributed by atoms with Gasteiger partial charge in [-0.05, 0) is 36.1 Å². The van der Waals surface area contributed by atoms with Crippen LogP contribution < -0.4 is 5.32 Å². The second-order valence-corrected chi connectivity index (χ2v) is 8.37.